The predicted molar refractivity (Wildman–Crippen MR) is 79.0 cm³/mol. The molecule has 0 amide bonds. The van der Waals surface area contributed by atoms with Gasteiger partial charge in [-0.2, -0.15) is 0 Å². The van der Waals surface area contributed by atoms with Crippen molar-refractivity contribution in [3.63, 3.8) is 0 Å². The molecule has 0 aliphatic heterocycles. The van der Waals surface area contributed by atoms with Gasteiger partial charge in [0.1, 0.15) is 5.82 Å². The van der Waals surface area contributed by atoms with E-state index in [0.717, 1.165) is 25.9 Å². The van der Waals surface area contributed by atoms with Crippen LogP contribution in [0.4, 0.5) is 10.1 Å². The number of anilines is 1. The van der Waals surface area contributed by atoms with Crippen molar-refractivity contribution in [2.24, 2.45) is 5.92 Å². The highest BCUT2D eigenvalue weighted by atomic mass is 19.1. The molecule has 1 aromatic carbocycles. The smallest absolute Gasteiger partial charge is 0.146 e. The Kier molecular flexibility index (Phi) is 6.29. The first kappa shape index (κ1) is 16.0. The third kappa shape index (κ3) is 4.20. The van der Waals surface area contributed by atoms with E-state index in [1.165, 1.54) is 6.07 Å². The van der Waals surface area contributed by atoms with Gasteiger partial charge >= 0.3 is 0 Å². The van der Waals surface area contributed by atoms with E-state index >= 15 is 0 Å². The summed E-state index contributed by atoms with van der Waals surface area (Å²) in [7, 11) is 0. The number of hydrogen-bond donors (Lipinski definition) is 1. The molecule has 19 heavy (non-hydrogen) atoms. The first-order chi connectivity index (χ1) is 9.03. The summed E-state index contributed by atoms with van der Waals surface area (Å²) in [6.45, 7) is 9.72. The van der Waals surface area contributed by atoms with E-state index in [-0.39, 0.29) is 5.82 Å². The van der Waals surface area contributed by atoms with Crippen LogP contribution >= 0.6 is 0 Å². The highest BCUT2D eigenvalue weighted by molar-refractivity contribution is 5.49. The molecule has 1 rings (SSSR count). The number of nitrogens with zero attached hydrogens (tertiary/aromatic N) is 1. The van der Waals surface area contributed by atoms with Crippen LogP contribution in [-0.4, -0.2) is 18.2 Å². The van der Waals surface area contributed by atoms with Crippen LogP contribution in [0.2, 0.25) is 0 Å². The number of halogens is 1. The van der Waals surface area contributed by atoms with Gasteiger partial charge in [0.15, 0.2) is 0 Å². The average molecular weight is 267 g/mol. The minimum atomic E-state index is -0.627. The van der Waals surface area contributed by atoms with Gasteiger partial charge in [0, 0.05) is 13.1 Å². The van der Waals surface area contributed by atoms with E-state index in [9.17, 15) is 9.50 Å². The Morgan fingerprint density at radius 1 is 1.21 bits per heavy atom. The van der Waals surface area contributed by atoms with Crippen molar-refractivity contribution in [1.29, 1.82) is 0 Å². The standard InChI is InChI=1S/C16H26FNO/c1-5-13(6-2)11-18(7-3)16-9-8-14(12(4)19)10-15(16)17/h8-10,12-13,19H,5-7,11H2,1-4H3/t12-/m0/s1. The molecule has 2 nitrogen and oxygen atoms in total. The van der Waals surface area contributed by atoms with Crippen molar-refractivity contribution >= 4 is 5.69 Å². The van der Waals surface area contributed by atoms with E-state index in [1.54, 1.807) is 19.1 Å². The van der Waals surface area contributed by atoms with Gasteiger partial charge in [-0.05, 0) is 37.5 Å². The number of rotatable bonds is 7. The Hall–Kier alpha value is -1.09. The van der Waals surface area contributed by atoms with Crippen LogP contribution in [0.5, 0.6) is 0 Å². The molecular formula is C16H26FNO. The van der Waals surface area contributed by atoms with Gasteiger partial charge in [0.2, 0.25) is 0 Å². The zero-order valence-electron chi connectivity index (χ0n) is 12.5. The van der Waals surface area contributed by atoms with Crippen LogP contribution in [0.1, 0.15) is 52.2 Å². The second-order valence-electron chi connectivity index (χ2n) is 5.11. The maximum absolute atomic E-state index is 14.2. The minimum Gasteiger partial charge on any atom is -0.389 e. The molecule has 0 saturated heterocycles. The zero-order valence-corrected chi connectivity index (χ0v) is 12.5. The van der Waals surface area contributed by atoms with Crippen LogP contribution in [0, 0.1) is 11.7 Å². The zero-order chi connectivity index (χ0) is 14.4. The van der Waals surface area contributed by atoms with Crippen molar-refractivity contribution < 1.29 is 9.50 Å². The molecule has 1 N–H and O–H groups in total. The predicted octanol–water partition coefficient (Wildman–Crippen LogP) is 4.14. The molecule has 0 aromatic heterocycles. The summed E-state index contributed by atoms with van der Waals surface area (Å²) in [6, 6.07) is 5.03. The third-order valence-corrected chi connectivity index (χ3v) is 3.81. The minimum absolute atomic E-state index is 0.244. The van der Waals surface area contributed by atoms with Crippen LogP contribution in [0.25, 0.3) is 0 Å². The van der Waals surface area contributed by atoms with Crippen LogP contribution < -0.4 is 4.90 Å². The molecule has 0 fully saturated rings. The van der Waals surface area contributed by atoms with Gasteiger partial charge in [-0.1, -0.05) is 32.8 Å². The average Bonchev–Trinajstić information content (AvgIpc) is 2.41. The Balaban J connectivity index is 2.92. The van der Waals surface area contributed by atoms with E-state index < -0.39 is 6.10 Å². The quantitative estimate of drug-likeness (QED) is 0.802. The molecular weight excluding hydrogens is 241 g/mol. The number of benzene rings is 1. The molecule has 1 aromatic rings. The number of aliphatic hydroxyl groups is 1. The highest BCUT2D eigenvalue weighted by Gasteiger charge is 2.15. The second-order valence-corrected chi connectivity index (χ2v) is 5.11. The van der Waals surface area contributed by atoms with Gasteiger partial charge in [-0.25, -0.2) is 4.39 Å². The lowest BCUT2D eigenvalue weighted by Gasteiger charge is -2.28. The van der Waals surface area contributed by atoms with Crippen molar-refractivity contribution in [3.05, 3.63) is 29.6 Å². The summed E-state index contributed by atoms with van der Waals surface area (Å²) < 4.78 is 14.2. The Bertz CT molecular complexity index is 388. The number of aliphatic hydroxyl groups excluding tert-OH is 1. The Labute approximate surface area is 116 Å². The normalized spacial score (nSPS) is 12.8. The van der Waals surface area contributed by atoms with Crippen molar-refractivity contribution in [2.75, 3.05) is 18.0 Å². The lowest BCUT2D eigenvalue weighted by molar-refractivity contribution is 0.199. The largest absolute Gasteiger partial charge is 0.389 e. The van der Waals surface area contributed by atoms with Gasteiger partial charge in [-0.3, -0.25) is 0 Å². The summed E-state index contributed by atoms with van der Waals surface area (Å²) in [5.41, 5.74) is 1.26. The molecule has 3 heteroatoms. The SMILES string of the molecule is CCC(CC)CN(CC)c1ccc([C@H](C)O)cc1F. The molecule has 0 heterocycles. The van der Waals surface area contributed by atoms with Crippen molar-refractivity contribution in [3.8, 4) is 0 Å². The van der Waals surface area contributed by atoms with Crippen LogP contribution in [-0.2, 0) is 0 Å². The van der Waals surface area contributed by atoms with E-state index in [4.69, 9.17) is 0 Å². The van der Waals surface area contributed by atoms with Crippen molar-refractivity contribution in [1.82, 2.24) is 0 Å². The Morgan fingerprint density at radius 3 is 2.26 bits per heavy atom. The summed E-state index contributed by atoms with van der Waals surface area (Å²) in [5, 5.41) is 9.48. The van der Waals surface area contributed by atoms with Gasteiger partial charge in [-0.15, -0.1) is 0 Å². The molecule has 0 radical (unpaired) electrons. The molecule has 0 bridgehead atoms. The summed E-state index contributed by atoms with van der Waals surface area (Å²) >= 11 is 0. The molecule has 0 unspecified atom stereocenters. The molecule has 0 aliphatic rings. The van der Waals surface area contributed by atoms with Crippen LogP contribution in [0.3, 0.4) is 0 Å². The first-order valence-corrected chi connectivity index (χ1v) is 7.25. The van der Waals surface area contributed by atoms with Crippen molar-refractivity contribution in [2.45, 2.75) is 46.6 Å². The fourth-order valence-electron chi connectivity index (χ4n) is 2.30. The van der Waals surface area contributed by atoms with Gasteiger partial charge < -0.3 is 10.0 Å². The van der Waals surface area contributed by atoms with Gasteiger partial charge in [0.25, 0.3) is 0 Å². The highest BCUT2D eigenvalue weighted by Crippen LogP contribution is 2.25. The summed E-state index contributed by atoms with van der Waals surface area (Å²) in [5.74, 6) is 0.349. The topological polar surface area (TPSA) is 23.5 Å². The maximum atomic E-state index is 14.2. The molecule has 1 atom stereocenters. The molecule has 0 spiro atoms. The summed E-state index contributed by atoms with van der Waals surface area (Å²) in [6.07, 6.45) is 1.60. The van der Waals surface area contributed by atoms with E-state index in [1.807, 2.05) is 6.92 Å². The monoisotopic (exact) mass is 267 g/mol. The van der Waals surface area contributed by atoms with Gasteiger partial charge in [0.05, 0.1) is 11.8 Å². The molecule has 0 aliphatic carbocycles. The molecule has 0 saturated carbocycles. The second kappa shape index (κ2) is 7.49. The lowest BCUT2D eigenvalue weighted by Crippen LogP contribution is -2.29. The van der Waals surface area contributed by atoms with E-state index in [0.29, 0.717) is 17.2 Å². The summed E-state index contributed by atoms with van der Waals surface area (Å²) in [4.78, 5) is 2.08. The number of hydrogen-bond acceptors (Lipinski definition) is 2. The van der Waals surface area contributed by atoms with E-state index in [2.05, 4.69) is 18.7 Å². The fourth-order valence-corrected chi connectivity index (χ4v) is 2.30. The van der Waals surface area contributed by atoms with Crippen LogP contribution in [0.15, 0.2) is 18.2 Å². The maximum Gasteiger partial charge on any atom is 0.146 e. The third-order valence-electron chi connectivity index (χ3n) is 3.81. The fraction of sp³-hybridized carbons (Fsp3) is 0.625. The molecule has 108 valence electrons. The lowest BCUT2D eigenvalue weighted by atomic mass is 10.0. The Morgan fingerprint density at radius 2 is 1.84 bits per heavy atom. The first-order valence-electron chi connectivity index (χ1n) is 7.25.